The highest BCUT2D eigenvalue weighted by Crippen LogP contribution is 2.15. The van der Waals surface area contributed by atoms with E-state index in [1.54, 1.807) is 0 Å². The van der Waals surface area contributed by atoms with E-state index in [1.165, 1.54) is 30.4 Å². The van der Waals surface area contributed by atoms with Crippen LogP contribution in [0.1, 0.15) is 70.3 Å². The van der Waals surface area contributed by atoms with Gasteiger partial charge in [-0.3, -0.25) is 4.79 Å². The van der Waals surface area contributed by atoms with Crippen LogP contribution in [0.25, 0.3) is 0 Å². The lowest BCUT2D eigenvalue weighted by Gasteiger charge is -2.07. The molecule has 2 heteroatoms. The van der Waals surface area contributed by atoms with E-state index < -0.39 is 0 Å². The molecule has 2 rings (SSSR count). The van der Waals surface area contributed by atoms with Crippen molar-refractivity contribution in [3.05, 3.63) is 53.6 Å². The highest BCUT2D eigenvalue weighted by molar-refractivity contribution is 5.90. The van der Waals surface area contributed by atoms with Crippen molar-refractivity contribution in [1.82, 2.24) is 0 Å². The number of hydrogen-bond donors (Lipinski definition) is 1. The van der Waals surface area contributed by atoms with Crippen molar-refractivity contribution in [2.24, 2.45) is 0 Å². The number of aryl methyl sites for hydroxylation is 1. The fourth-order valence-electron chi connectivity index (χ4n) is 3.06. The lowest BCUT2D eigenvalue weighted by molar-refractivity contribution is -0.116. The van der Waals surface area contributed by atoms with Gasteiger partial charge in [-0.15, -0.1) is 0 Å². The molecule has 1 amide bonds. The molecule has 0 saturated heterocycles. The summed E-state index contributed by atoms with van der Waals surface area (Å²) in [6.45, 7) is 2.23. The number of anilines is 1. The van der Waals surface area contributed by atoms with Crippen LogP contribution < -0.4 is 5.32 Å². The number of allylic oxidation sites excluding steroid dienone is 4. The molecule has 1 N–H and O–H groups in total. The third-order valence-corrected chi connectivity index (χ3v) is 4.53. The fourth-order valence-corrected chi connectivity index (χ4v) is 3.06. The summed E-state index contributed by atoms with van der Waals surface area (Å²) in [5, 5.41) is 3.04. The molecule has 130 valence electrons. The summed E-state index contributed by atoms with van der Waals surface area (Å²) in [4.78, 5) is 12.0. The fraction of sp³-hybridized carbons (Fsp3) is 0.500. The van der Waals surface area contributed by atoms with Gasteiger partial charge < -0.3 is 5.32 Å². The van der Waals surface area contributed by atoms with E-state index in [0.29, 0.717) is 6.42 Å². The molecule has 0 saturated carbocycles. The van der Waals surface area contributed by atoms with Crippen molar-refractivity contribution in [3.63, 3.8) is 0 Å². The van der Waals surface area contributed by atoms with Gasteiger partial charge in [0.15, 0.2) is 0 Å². The molecule has 2 nitrogen and oxygen atoms in total. The monoisotopic (exact) mass is 325 g/mol. The first-order valence-electron chi connectivity index (χ1n) is 9.43. The van der Waals surface area contributed by atoms with Crippen molar-refractivity contribution in [2.75, 3.05) is 5.32 Å². The summed E-state index contributed by atoms with van der Waals surface area (Å²) in [7, 11) is 0. The van der Waals surface area contributed by atoms with E-state index >= 15 is 0 Å². The number of carbonyl (C=O) groups is 1. The van der Waals surface area contributed by atoms with Gasteiger partial charge in [0.25, 0.3) is 0 Å². The average molecular weight is 325 g/mol. The van der Waals surface area contributed by atoms with Crippen molar-refractivity contribution in [1.29, 1.82) is 0 Å². The summed E-state index contributed by atoms with van der Waals surface area (Å²) in [5.74, 6) is 0.140. The third kappa shape index (κ3) is 7.63. The second-order valence-corrected chi connectivity index (χ2v) is 6.80. The van der Waals surface area contributed by atoms with Crippen molar-refractivity contribution >= 4 is 11.6 Å². The molecule has 1 aromatic carbocycles. The van der Waals surface area contributed by atoms with Gasteiger partial charge in [-0.1, -0.05) is 48.8 Å². The molecule has 2 bridgehead atoms. The Kier molecular flexibility index (Phi) is 8.37. The Labute approximate surface area is 147 Å². The van der Waals surface area contributed by atoms with Gasteiger partial charge in [-0.05, 0) is 69.6 Å². The van der Waals surface area contributed by atoms with E-state index in [4.69, 9.17) is 0 Å². The van der Waals surface area contributed by atoms with Gasteiger partial charge in [0.1, 0.15) is 0 Å². The van der Waals surface area contributed by atoms with Gasteiger partial charge in [-0.25, -0.2) is 0 Å². The maximum Gasteiger partial charge on any atom is 0.224 e. The van der Waals surface area contributed by atoms with Crippen molar-refractivity contribution in [3.8, 4) is 0 Å². The molecule has 1 aliphatic rings. The second kappa shape index (κ2) is 10.9. The maximum atomic E-state index is 12.0. The highest BCUT2D eigenvalue weighted by Gasteiger charge is 2.03. The van der Waals surface area contributed by atoms with Gasteiger partial charge in [-0.2, -0.15) is 0 Å². The van der Waals surface area contributed by atoms with E-state index in [2.05, 4.69) is 42.6 Å². The van der Waals surface area contributed by atoms with Crippen LogP contribution in [0.5, 0.6) is 0 Å². The van der Waals surface area contributed by atoms with E-state index in [9.17, 15) is 4.79 Å². The second-order valence-electron chi connectivity index (χ2n) is 6.80. The van der Waals surface area contributed by atoms with E-state index in [1.807, 2.05) is 12.1 Å². The molecule has 24 heavy (non-hydrogen) atoms. The number of fused-ring (bicyclic) bond motifs is 2. The summed E-state index contributed by atoms with van der Waals surface area (Å²) < 4.78 is 0. The molecule has 0 aromatic heterocycles. The molecule has 1 aromatic rings. The van der Waals surface area contributed by atoms with Crippen LogP contribution in [-0.4, -0.2) is 5.91 Å². The molecule has 1 aliphatic heterocycles. The predicted molar refractivity (Wildman–Crippen MR) is 103 cm³/mol. The number of benzene rings is 1. The first-order valence-corrected chi connectivity index (χ1v) is 9.43. The zero-order valence-electron chi connectivity index (χ0n) is 15.0. The Bertz CT molecular complexity index is 571. The summed E-state index contributed by atoms with van der Waals surface area (Å²) in [6.07, 6.45) is 17.8. The van der Waals surface area contributed by atoms with Crippen LogP contribution in [0.15, 0.2) is 48.1 Å². The van der Waals surface area contributed by atoms with Gasteiger partial charge in [0, 0.05) is 12.1 Å². The zero-order valence-corrected chi connectivity index (χ0v) is 15.0. The molecule has 1 heterocycles. The van der Waals surface area contributed by atoms with Crippen LogP contribution in [0, 0.1) is 0 Å². The van der Waals surface area contributed by atoms with Crippen LogP contribution >= 0.6 is 0 Å². The number of carbonyl (C=O) groups excluding carboxylic acids is 1. The molecule has 0 unspecified atom stereocenters. The molecule has 0 fully saturated rings. The number of amides is 1. The minimum Gasteiger partial charge on any atom is -0.326 e. The lowest BCUT2D eigenvalue weighted by Crippen LogP contribution is -2.11. The SMILES string of the molecule is CC1=CCCc2cccc(c2)NC(=O)CCCCCC/C=C\CC1. The van der Waals surface area contributed by atoms with E-state index in [-0.39, 0.29) is 5.91 Å². The number of nitrogens with one attached hydrogen (secondary N) is 1. The first kappa shape index (κ1) is 18.5. The van der Waals surface area contributed by atoms with Crippen LogP contribution in [-0.2, 0) is 11.2 Å². The largest absolute Gasteiger partial charge is 0.326 e. The van der Waals surface area contributed by atoms with Gasteiger partial charge in [0.2, 0.25) is 5.91 Å². The number of hydrogen-bond acceptors (Lipinski definition) is 1. The van der Waals surface area contributed by atoms with Gasteiger partial charge >= 0.3 is 0 Å². The quantitative estimate of drug-likeness (QED) is 0.566. The molecule has 0 aliphatic carbocycles. The maximum absolute atomic E-state index is 12.0. The predicted octanol–water partition coefficient (Wildman–Crippen LogP) is 6.19. The van der Waals surface area contributed by atoms with Crippen LogP contribution in [0.2, 0.25) is 0 Å². The Morgan fingerprint density at radius 2 is 1.71 bits per heavy atom. The minimum atomic E-state index is 0.140. The third-order valence-electron chi connectivity index (χ3n) is 4.53. The normalized spacial score (nSPS) is 20.0. The minimum absolute atomic E-state index is 0.140. The highest BCUT2D eigenvalue weighted by atomic mass is 16.1. The summed E-state index contributed by atoms with van der Waals surface area (Å²) in [5.41, 5.74) is 3.69. The number of rotatable bonds is 0. The lowest BCUT2D eigenvalue weighted by atomic mass is 10.1. The van der Waals surface area contributed by atoms with Crippen LogP contribution in [0.4, 0.5) is 5.69 Å². The van der Waals surface area contributed by atoms with E-state index in [0.717, 1.165) is 44.2 Å². The van der Waals surface area contributed by atoms with Crippen molar-refractivity contribution < 1.29 is 4.79 Å². The summed E-state index contributed by atoms with van der Waals surface area (Å²) in [6, 6.07) is 8.27. The molecular weight excluding hydrogens is 294 g/mol. The Balaban J connectivity index is 1.97. The topological polar surface area (TPSA) is 29.1 Å². The molecule has 0 spiro atoms. The van der Waals surface area contributed by atoms with Gasteiger partial charge in [0.05, 0.1) is 0 Å². The summed E-state index contributed by atoms with van der Waals surface area (Å²) >= 11 is 0. The molecular formula is C22H31NO. The first-order chi connectivity index (χ1) is 11.7. The van der Waals surface area contributed by atoms with Crippen molar-refractivity contribution in [2.45, 2.75) is 71.1 Å². The Morgan fingerprint density at radius 1 is 0.875 bits per heavy atom. The Hall–Kier alpha value is -1.83. The van der Waals surface area contributed by atoms with Crippen LogP contribution in [0.3, 0.4) is 0 Å². The average Bonchev–Trinajstić information content (AvgIpc) is 2.56. The standard InChI is InChI=1S/C22H31NO/c1-19-12-8-6-4-2-3-5-7-9-17-22(24)23-21-16-11-15-20(18-21)14-10-13-19/h4,6,11,13,15-16,18H,2-3,5,7-10,12,14,17H2,1H3,(H,23,24)/b6-4-,19-13?. The molecule has 0 radical (unpaired) electrons. The zero-order chi connectivity index (χ0) is 17.0. The molecule has 0 atom stereocenters. The Morgan fingerprint density at radius 3 is 2.62 bits per heavy atom. The smallest absolute Gasteiger partial charge is 0.224 e.